The van der Waals surface area contributed by atoms with Gasteiger partial charge in [0.2, 0.25) is 0 Å². The summed E-state index contributed by atoms with van der Waals surface area (Å²) in [5, 5.41) is 14.4. The maximum atomic E-state index is 13.1. The molecule has 0 saturated carbocycles. The van der Waals surface area contributed by atoms with Crippen LogP contribution >= 0.6 is 0 Å². The lowest BCUT2D eigenvalue weighted by molar-refractivity contribution is 0.188. The average Bonchev–Trinajstić information content (AvgIpc) is 3.41. The van der Waals surface area contributed by atoms with E-state index in [-0.39, 0.29) is 18.0 Å². The Morgan fingerprint density at radius 3 is 2.73 bits per heavy atom. The molecular formula is C23H26N6O. The van der Waals surface area contributed by atoms with Crippen LogP contribution in [0.4, 0.5) is 4.79 Å². The minimum atomic E-state index is -0.00617. The molecule has 4 heterocycles. The van der Waals surface area contributed by atoms with Gasteiger partial charge in [-0.25, -0.2) is 4.79 Å². The molecule has 7 nitrogen and oxygen atoms in total. The van der Waals surface area contributed by atoms with Crippen molar-refractivity contribution in [3.8, 4) is 11.3 Å². The molecule has 5 rings (SSSR count). The summed E-state index contributed by atoms with van der Waals surface area (Å²) in [6.07, 6.45) is 4.31. The van der Waals surface area contributed by atoms with Crippen molar-refractivity contribution in [3.63, 3.8) is 0 Å². The van der Waals surface area contributed by atoms with Crippen LogP contribution in [0.2, 0.25) is 0 Å². The molecule has 1 unspecified atom stereocenters. The standard InChI is InChI=1S/C23H26N6O/c1-15-2-4-16(5-3-15)18-12-25-13-21(18)26-23(30)29-11-8-20-19(14-29)22(28-27-20)17-6-9-24-10-7-17/h2-7,9-10,18,21,25H,8,11-14H2,1H3,(H,26,30)(H,27,28)/t18-,21?/m0/s1. The van der Waals surface area contributed by atoms with Crippen molar-refractivity contribution >= 4 is 6.03 Å². The normalized spacial score (nSPS) is 20.8. The van der Waals surface area contributed by atoms with Crippen molar-refractivity contribution in [1.29, 1.82) is 0 Å². The molecular weight excluding hydrogens is 376 g/mol. The van der Waals surface area contributed by atoms with E-state index in [2.05, 4.69) is 57.0 Å². The third-order valence-electron chi connectivity index (χ3n) is 6.20. The average molecular weight is 403 g/mol. The van der Waals surface area contributed by atoms with Gasteiger partial charge in [0, 0.05) is 61.2 Å². The van der Waals surface area contributed by atoms with Crippen molar-refractivity contribution in [2.75, 3.05) is 19.6 Å². The molecule has 3 N–H and O–H groups in total. The van der Waals surface area contributed by atoms with Crippen molar-refractivity contribution in [1.82, 2.24) is 30.7 Å². The number of nitrogens with one attached hydrogen (secondary N) is 3. The Bertz CT molecular complexity index is 1030. The van der Waals surface area contributed by atoms with Gasteiger partial charge in [-0.1, -0.05) is 29.8 Å². The highest BCUT2D eigenvalue weighted by atomic mass is 16.2. The first-order valence-corrected chi connectivity index (χ1v) is 10.5. The number of pyridine rings is 1. The topological polar surface area (TPSA) is 85.9 Å². The van der Waals surface area contributed by atoms with Gasteiger partial charge in [0.1, 0.15) is 0 Å². The monoisotopic (exact) mass is 402 g/mol. The summed E-state index contributed by atoms with van der Waals surface area (Å²) < 4.78 is 0. The SMILES string of the molecule is Cc1ccc([C@@H]2CNCC2NC(=O)N2CCc3[nH]nc(-c4ccncc4)c3C2)cc1. The van der Waals surface area contributed by atoms with Crippen LogP contribution < -0.4 is 10.6 Å². The van der Waals surface area contributed by atoms with E-state index in [9.17, 15) is 4.79 Å². The van der Waals surface area contributed by atoms with Crippen LogP contribution in [-0.4, -0.2) is 51.8 Å². The molecule has 1 saturated heterocycles. The molecule has 1 fully saturated rings. The summed E-state index contributed by atoms with van der Waals surface area (Å²) >= 11 is 0. The molecule has 30 heavy (non-hydrogen) atoms. The molecule has 154 valence electrons. The predicted octanol–water partition coefficient (Wildman–Crippen LogP) is 2.60. The van der Waals surface area contributed by atoms with Crippen molar-refractivity contribution in [3.05, 3.63) is 71.2 Å². The van der Waals surface area contributed by atoms with Crippen LogP contribution in [0.5, 0.6) is 0 Å². The van der Waals surface area contributed by atoms with Gasteiger partial charge in [-0.3, -0.25) is 10.1 Å². The summed E-state index contributed by atoms with van der Waals surface area (Å²) in [5.74, 6) is 0.288. The highest BCUT2D eigenvalue weighted by Gasteiger charge is 2.32. The number of amides is 2. The first-order chi connectivity index (χ1) is 14.7. The molecule has 2 amide bonds. The molecule has 0 spiro atoms. The number of rotatable bonds is 3. The summed E-state index contributed by atoms with van der Waals surface area (Å²) in [7, 11) is 0. The van der Waals surface area contributed by atoms with Gasteiger partial charge in [0.15, 0.2) is 0 Å². The van der Waals surface area contributed by atoms with Gasteiger partial charge in [-0.2, -0.15) is 5.10 Å². The van der Waals surface area contributed by atoms with Gasteiger partial charge in [-0.15, -0.1) is 0 Å². The second-order valence-corrected chi connectivity index (χ2v) is 8.17. The zero-order valence-corrected chi connectivity index (χ0v) is 17.1. The Morgan fingerprint density at radius 1 is 1.13 bits per heavy atom. The molecule has 2 aliphatic rings. The van der Waals surface area contributed by atoms with Crippen LogP contribution in [0.1, 0.15) is 28.3 Å². The minimum Gasteiger partial charge on any atom is -0.333 e. The van der Waals surface area contributed by atoms with Crippen molar-refractivity contribution in [2.45, 2.75) is 31.8 Å². The van der Waals surface area contributed by atoms with E-state index in [1.54, 1.807) is 12.4 Å². The number of urea groups is 1. The number of hydrogen-bond donors (Lipinski definition) is 3. The van der Waals surface area contributed by atoms with E-state index < -0.39 is 0 Å². The number of H-pyrrole nitrogens is 1. The molecule has 2 aliphatic heterocycles. The fraction of sp³-hybridized carbons (Fsp3) is 0.348. The number of carbonyl (C=O) groups excluding carboxylic acids is 1. The van der Waals surface area contributed by atoms with E-state index in [4.69, 9.17) is 0 Å². The number of fused-ring (bicyclic) bond motifs is 1. The van der Waals surface area contributed by atoms with Crippen molar-refractivity contribution < 1.29 is 4.79 Å². The number of hydrogen-bond acceptors (Lipinski definition) is 4. The molecule has 0 bridgehead atoms. The maximum absolute atomic E-state index is 13.1. The molecule has 2 atom stereocenters. The Labute approximate surface area is 175 Å². The zero-order chi connectivity index (χ0) is 20.5. The number of carbonyl (C=O) groups is 1. The third kappa shape index (κ3) is 3.57. The second kappa shape index (κ2) is 7.91. The Morgan fingerprint density at radius 2 is 1.93 bits per heavy atom. The Hall–Kier alpha value is -3.19. The molecule has 0 radical (unpaired) electrons. The highest BCUT2D eigenvalue weighted by molar-refractivity contribution is 5.76. The molecule has 7 heteroatoms. The lowest BCUT2D eigenvalue weighted by Gasteiger charge is -2.30. The first kappa shape index (κ1) is 18.8. The summed E-state index contributed by atoms with van der Waals surface area (Å²) in [5.41, 5.74) is 6.66. The fourth-order valence-electron chi connectivity index (χ4n) is 4.46. The maximum Gasteiger partial charge on any atom is 0.317 e. The van der Waals surface area contributed by atoms with Gasteiger partial charge < -0.3 is 15.5 Å². The van der Waals surface area contributed by atoms with Gasteiger partial charge >= 0.3 is 6.03 Å². The number of aromatic amines is 1. The fourth-order valence-corrected chi connectivity index (χ4v) is 4.46. The smallest absolute Gasteiger partial charge is 0.317 e. The lowest BCUT2D eigenvalue weighted by Crippen LogP contribution is -2.48. The van der Waals surface area contributed by atoms with E-state index in [0.717, 1.165) is 42.0 Å². The number of nitrogens with zero attached hydrogens (tertiary/aromatic N) is 3. The third-order valence-corrected chi connectivity index (χ3v) is 6.20. The molecule has 2 aromatic heterocycles. The largest absolute Gasteiger partial charge is 0.333 e. The van der Waals surface area contributed by atoms with E-state index >= 15 is 0 Å². The summed E-state index contributed by atoms with van der Waals surface area (Å²) in [6, 6.07) is 12.6. The van der Waals surface area contributed by atoms with Crippen molar-refractivity contribution in [2.24, 2.45) is 0 Å². The van der Waals surface area contributed by atoms with Crippen LogP contribution in [0.3, 0.4) is 0 Å². The highest BCUT2D eigenvalue weighted by Crippen LogP contribution is 2.28. The molecule has 1 aromatic carbocycles. The van der Waals surface area contributed by atoms with Gasteiger partial charge in [0.05, 0.1) is 18.3 Å². The zero-order valence-electron chi connectivity index (χ0n) is 17.1. The lowest BCUT2D eigenvalue weighted by atomic mass is 9.93. The summed E-state index contributed by atoms with van der Waals surface area (Å²) in [6.45, 7) is 5.01. The predicted molar refractivity (Wildman–Crippen MR) is 115 cm³/mol. The van der Waals surface area contributed by atoms with Crippen LogP contribution in [0.25, 0.3) is 11.3 Å². The minimum absolute atomic E-state index is 0.00617. The first-order valence-electron chi connectivity index (χ1n) is 10.5. The number of aryl methyl sites for hydroxylation is 1. The van der Waals surface area contributed by atoms with E-state index in [1.807, 2.05) is 17.0 Å². The second-order valence-electron chi connectivity index (χ2n) is 8.17. The van der Waals surface area contributed by atoms with Crippen LogP contribution in [0, 0.1) is 6.92 Å². The van der Waals surface area contributed by atoms with Crippen LogP contribution in [-0.2, 0) is 13.0 Å². The molecule has 0 aliphatic carbocycles. The molecule has 3 aromatic rings. The van der Waals surface area contributed by atoms with E-state index in [0.29, 0.717) is 13.1 Å². The summed E-state index contributed by atoms with van der Waals surface area (Å²) in [4.78, 5) is 19.1. The van der Waals surface area contributed by atoms with E-state index in [1.165, 1.54) is 11.1 Å². The van der Waals surface area contributed by atoms with Gasteiger partial charge in [-0.05, 0) is 24.6 Å². The van der Waals surface area contributed by atoms with Gasteiger partial charge in [0.25, 0.3) is 0 Å². The Balaban J connectivity index is 1.30. The number of benzene rings is 1. The Kier molecular flexibility index (Phi) is 4.96. The van der Waals surface area contributed by atoms with Crippen LogP contribution in [0.15, 0.2) is 48.8 Å². The quantitative estimate of drug-likeness (QED) is 0.629. The number of aromatic nitrogens is 3.